The molecule has 1 saturated heterocycles. The lowest BCUT2D eigenvalue weighted by Crippen LogP contribution is -2.67. The summed E-state index contributed by atoms with van der Waals surface area (Å²) in [4.78, 5) is 0. The number of fused-ring (bicyclic) bond motifs is 5. The van der Waals surface area contributed by atoms with E-state index in [1.165, 1.54) is 5.57 Å². The molecule has 0 radical (unpaired) electrons. The molecule has 6 N–H and O–H groups in total. The summed E-state index contributed by atoms with van der Waals surface area (Å²) in [6, 6.07) is 0. The average molecular weight is 623 g/mol. The highest BCUT2D eigenvalue weighted by molar-refractivity contribution is 5.20. The van der Waals surface area contributed by atoms with E-state index in [-0.39, 0.29) is 39.6 Å². The summed E-state index contributed by atoms with van der Waals surface area (Å²) in [5.41, 5.74) is 0.171. The van der Waals surface area contributed by atoms with Crippen molar-refractivity contribution in [2.24, 2.45) is 45.3 Å². The second-order valence-electron chi connectivity index (χ2n) is 17.3. The average Bonchev–Trinajstić information content (AvgIpc) is 3.33. The quantitative estimate of drug-likeness (QED) is 0.231. The van der Waals surface area contributed by atoms with Crippen LogP contribution in [0.2, 0.25) is 0 Å². The van der Waals surface area contributed by atoms with Crippen LogP contribution < -0.4 is 0 Å². The molecular formula is C36H62O8. The number of ether oxygens (including phenoxy) is 2. The maximum absolute atomic E-state index is 12.2. The molecule has 4 aliphatic carbocycles. The van der Waals surface area contributed by atoms with Crippen LogP contribution in [0.1, 0.15) is 113 Å². The number of aliphatic hydroxyl groups excluding tert-OH is 6. The molecule has 0 aromatic carbocycles. The Morgan fingerprint density at radius 1 is 0.864 bits per heavy atom. The van der Waals surface area contributed by atoms with Crippen LogP contribution in [0, 0.1) is 45.3 Å². The molecular weight excluding hydrogens is 560 g/mol. The van der Waals surface area contributed by atoms with Crippen LogP contribution in [-0.4, -0.2) is 85.8 Å². The minimum atomic E-state index is -1.50. The maximum atomic E-state index is 12.2. The Hall–Kier alpha value is -0.580. The molecule has 8 heteroatoms. The normalized spacial score (nSPS) is 51.5. The van der Waals surface area contributed by atoms with E-state index in [2.05, 4.69) is 61.5 Å². The first-order valence-corrected chi connectivity index (χ1v) is 17.3. The summed E-state index contributed by atoms with van der Waals surface area (Å²) in [6.45, 7) is 17.5. The maximum Gasteiger partial charge on any atom is 0.187 e. The van der Waals surface area contributed by atoms with E-state index in [1.54, 1.807) is 0 Å². The lowest BCUT2D eigenvalue weighted by Gasteiger charge is -2.70. The number of aliphatic hydroxyl groups is 6. The van der Waals surface area contributed by atoms with E-state index in [0.29, 0.717) is 18.3 Å². The van der Waals surface area contributed by atoms with Gasteiger partial charge in [0.25, 0.3) is 0 Å². The molecule has 44 heavy (non-hydrogen) atoms. The van der Waals surface area contributed by atoms with Gasteiger partial charge in [-0.1, -0.05) is 46.3 Å². The molecule has 0 aromatic heterocycles. The van der Waals surface area contributed by atoms with E-state index in [9.17, 15) is 30.6 Å². The van der Waals surface area contributed by atoms with Gasteiger partial charge in [-0.25, -0.2) is 0 Å². The fraction of sp³-hybridized carbons (Fsp3) is 0.944. The zero-order chi connectivity index (χ0) is 32.6. The lowest BCUT2D eigenvalue weighted by molar-refractivity contribution is -0.336. The Labute approximate surface area is 265 Å². The van der Waals surface area contributed by atoms with E-state index < -0.39 is 49.0 Å². The van der Waals surface area contributed by atoms with Crippen LogP contribution in [0.4, 0.5) is 0 Å². The van der Waals surface area contributed by atoms with Crippen LogP contribution in [0.25, 0.3) is 0 Å². The Balaban J connectivity index is 1.49. The van der Waals surface area contributed by atoms with Crippen molar-refractivity contribution in [3.8, 4) is 0 Å². The van der Waals surface area contributed by atoms with Crippen molar-refractivity contribution in [3.63, 3.8) is 0 Å². The highest BCUT2D eigenvalue weighted by Crippen LogP contribution is 2.76. The molecule has 254 valence electrons. The first-order valence-electron chi connectivity index (χ1n) is 17.3. The van der Waals surface area contributed by atoms with Gasteiger partial charge in [-0.3, -0.25) is 0 Å². The summed E-state index contributed by atoms with van der Waals surface area (Å²) in [5.74, 6) is 0.713. The van der Waals surface area contributed by atoms with Crippen molar-refractivity contribution in [2.75, 3.05) is 6.61 Å². The standard InChI is InChI=1S/C36H62O8/c1-20(2)10-9-14-36(8,44-31-30(42)29(41)28(40)23(19-37)43-31)21-11-16-35(7)27(21)22(38)18-25-33(5)15-13-26(39)32(3,4)24(33)12-17-34(25,35)6/h10,21-31,37-42H,9,11-19H2,1-8H3/t21-,22+,23+,24?,25?,26-,27-,28+,29-,30+,31-,33-,34+,35-,36+/m0/s1. The smallest absolute Gasteiger partial charge is 0.187 e. The molecule has 1 heterocycles. The third kappa shape index (κ3) is 5.17. The van der Waals surface area contributed by atoms with Gasteiger partial charge in [-0.2, -0.15) is 0 Å². The SMILES string of the molecule is CC(C)=CCC[C@@](C)(O[C@@H]1O[C@H](CO)[C@@H](O)[C@H](O)[C@H]1O)[C@H]1CC[C@@]2(C)[C@@H]1[C@H](O)CC1[C@@]3(C)CC[C@H](O)C(C)(C)C3CC[C@]12C. The summed E-state index contributed by atoms with van der Waals surface area (Å²) >= 11 is 0. The predicted octanol–water partition coefficient (Wildman–Crippen LogP) is 4.32. The topological polar surface area (TPSA) is 140 Å². The van der Waals surface area contributed by atoms with Gasteiger partial charge < -0.3 is 40.1 Å². The minimum Gasteiger partial charge on any atom is -0.394 e. The van der Waals surface area contributed by atoms with Crippen LogP contribution >= 0.6 is 0 Å². The van der Waals surface area contributed by atoms with Gasteiger partial charge >= 0.3 is 0 Å². The fourth-order valence-electron chi connectivity index (χ4n) is 11.8. The van der Waals surface area contributed by atoms with E-state index >= 15 is 0 Å². The summed E-state index contributed by atoms with van der Waals surface area (Å²) in [6.07, 6.45) is 2.60. The van der Waals surface area contributed by atoms with Crippen molar-refractivity contribution in [2.45, 2.75) is 162 Å². The zero-order valence-electron chi connectivity index (χ0n) is 28.5. The second-order valence-corrected chi connectivity index (χ2v) is 17.3. The molecule has 4 saturated carbocycles. The number of hydrogen-bond acceptors (Lipinski definition) is 8. The summed E-state index contributed by atoms with van der Waals surface area (Å²) in [7, 11) is 0. The molecule has 0 bridgehead atoms. The van der Waals surface area contributed by atoms with Gasteiger partial charge in [0.1, 0.15) is 24.4 Å². The van der Waals surface area contributed by atoms with E-state index in [4.69, 9.17) is 9.47 Å². The third-order valence-electron chi connectivity index (χ3n) is 14.6. The first-order chi connectivity index (χ1) is 20.4. The van der Waals surface area contributed by atoms with Gasteiger partial charge in [0.05, 0.1) is 24.4 Å². The van der Waals surface area contributed by atoms with E-state index in [1.807, 2.05) is 0 Å². The van der Waals surface area contributed by atoms with Gasteiger partial charge in [0.2, 0.25) is 0 Å². The van der Waals surface area contributed by atoms with Crippen molar-refractivity contribution < 1.29 is 40.1 Å². The molecule has 0 aromatic rings. The van der Waals surface area contributed by atoms with E-state index in [0.717, 1.165) is 51.4 Å². The van der Waals surface area contributed by atoms with Gasteiger partial charge in [-0.15, -0.1) is 0 Å². The Kier molecular flexibility index (Phi) is 9.35. The van der Waals surface area contributed by atoms with Crippen molar-refractivity contribution in [1.82, 2.24) is 0 Å². The van der Waals surface area contributed by atoms with Crippen LogP contribution in [0.3, 0.4) is 0 Å². The third-order valence-corrected chi connectivity index (χ3v) is 14.6. The van der Waals surface area contributed by atoms with Gasteiger partial charge in [0.15, 0.2) is 6.29 Å². The first kappa shape index (κ1) is 34.7. The van der Waals surface area contributed by atoms with Crippen LogP contribution in [0.15, 0.2) is 11.6 Å². The monoisotopic (exact) mass is 622 g/mol. The van der Waals surface area contributed by atoms with Crippen molar-refractivity contribution >= 4 is 0 Å². The molecule has 5 fully saturated rings. The van der Waals surface area contributed by atoms with Crippen LogP contribution in [-0.2, 0) is 9.47 Å². The highest BCUT2D eigenvalue weighted by Gasteiger charge is 2.71. The Morgan fingerprint density at radius 2 is 1.52 bits per heavy atom. The highest BCUT2D eigenvalue weighted by atomic mass is 16.7. The molecule has 0 amide bonds. The number of hydrogen-bond donors (Lipinski definition) is 6. The number of rotatable bonds is 7. The lowest BCUT2D eigenvalue weighted by atomic mass is 9.35. The second kappa shape index (κ2) is 11.8. The van der Waals surface area contributed by atoms with Crippen LogP contribution in [0.5, 0.6) is 0 Å². The molecule has 0 spiro atoms. The van der Waals surface area contributed by atoms with Crippen molar-refractivity contribution in [1.29, 1.82) is 0 Å². The summed E-state index contributed by atoms with van der Waals surface area (Å²) in [5, 5.41) is 65.0. The minimum absolute atomic E-state index is 0.0131. The molecule has 2 unspecified atom stereocenters. The van der Waals surface area contributed by atoms with Gasteiger partial charge in [-0.05, 0) is 124 Å². The van der Waals surface area contributed by atoms with Gasteiger partial charge in [0, 0.05) is 0 Å². The fourth-order valence-corrected chi connectivity index (χ4v) is 11.8. The Morgan fingerprint density at radius 3 is 2.16 bits per heavy atom. The molecule has 5 aliphatic rings. The number of allylic oxidation sites excluding steroid dienone is 2. The Bertz CT molecular complexity index is 1070. The van der Waals surface area contributed by atoms with Crippen molar-refractivity contribution in [3.05, 3.63) is 11.6 Å². The molecule has 15 atom stereocenters. The molecule has 5 rings (SSSR count). The summed E-state index contributed by atoms with van der Waals surface area (Å²) < 4.78 is 12.6. The predicted molar refractivity (Wildman–Crippen MR) is 168 cm³/mol. The largest absolute Gasteiger partial charge is 0.394 e. The molecule has 8 nitrogen and oxygen atoms in total. The zero-order valence-corrected chi connectivity index (χ0v) is 28.5. The molecule has 1 aliphatic heterocycles.